The van der Waals surface area contributed by atoms with E-state index in [0.29, 0.717) is 5.56 Å². The number of carbonyl (C=O) groups is 1. The van der Waals surface area contributed by atoms with Gasteiger partial charge in [-0.25, -0.2) is 4.39 Å². The molecular weight excluding hydrogens is 383 g/mol. The molecule has 1 aromatic carbocycles. The number of benzene rings is 1. The van der Waals surface area contributed by atoms with Crippen molar-refractivity contribution in [3.8, 4) is 11.4 Å². The van der Waals surface area contributed by atoms with Crippen LogP contribution in [0.15, 0.2) is 36.5 Å². The van der Waals surface area contributed by atoms with Crippen LogP contribution >= 0.6 is 0 Å². The van der Waals surface area contributed by atoms with Crippen molar-refractivity contribution < 1.29 is 9.18 Å². The highest BCUT2D eigenvalue weighted by molar-refractivity contribution is 5.94. The average Bonchev–Trinajstić information content (AvgIpc) is 3.16. The summed E-state index contributed by atoms with van der Waals surface area (Å²) in [5, 5.41) is 16.2. The highest BCUT2D eigenvalue weighted by Gasteiger charge is 2.24. The minimum absolute atomic E-state index is 0.0556. The van der Waals surface area contributed by atoms with E-state index in [4.69, 9.17) is 0 Å². The smallest absolute Gasteiger partial charge is 0.251 e. The van der Waals surface area contributed by atoms with Gasteiger partial charge in [0.15, 0.2) is 5.82 Å². The van der Waals surface area contributed by atoms with E-state index < -0.39 is 5.82 Å². The summed E-state index contributed by atoms with van der Waals surface area (Å²) in [7, 11) is 1.89. The Balaban J connectivity index is 1.42. The van der Waals surface area contributed by atoms with Crippen molar-refractivity contribution in [3.63, 3.8) is 0 Å². The molecule has 1 aliphatic heterocycles. The van der Waals surface area contributed by atoms with Crippen molar-refractivity contribution in [1.82, 2.24) is 25.3 Å². The third-order valence-corrected chi connectivity index (χ3v) is 5.78. The molecule has 30 heavy (non-hydrogen) atoms. The van der Waals surface area contributed by atoms with Crippen molar-refractivity contribution in [3.05, 3.63) is 59.0 Å². The molecule has 0 bridgehead atoms. The van der Waals surface area contributed by atoms with Crippen LogP contribution in [0.4, 0.5) is 10.2 Å². The number of aromatic nitrogens is 4. The number of hydrogen-bond donors (Lipinski definition) is 1. The van der Waals surface area contributed by atoms with Gasteiger partial charge in [0.25, 0.3) is 5.91 Å². The number of halogens is 1. The van der Waals surface area contributed by atoms with Gasteiger partial charge in [-0.15, -0.1) is 10.2 Å². The fourth-order valence-electron chi connectivity index (χ4n) is 3.88. The number of nitrogens with zero attached hydrogens (tertiary/aromatic N) is 5. The highest BCUT2D eigenvalue weighted by Crippen LogP contribution is 2.28. The molecule has 156 valence electrons. The summed E-state index contributed by atoms with van der Waals surface area (Å²) in [6.45, 7) is 5.67. The molecule has 0 unspecified atom stereocenters. The van der Waals surface area contributed by atoms with Gasteiger partial charge in [0.05, 0.1) is 5.69 Å². The summed E-state index contributed by atoms with van der Waals surface area (Å²) in [4.78, 5) is 14.6. The van der Waals surface area contributed by atoms with Gasteiger partial charge in [-0.3, -0.25) is 9.48 Å². The normalized spacial score (nSPS) is 14.7. The zero-order chi connectivity index (χ0) is 21.3. The van der Waals surface area contributed by atoms with Gasteiger partial charge < -0.3 is 10.2 Å². The number of carbonyl (C=O) groups excluding carboxylic acids is 1. The number of rotatable bonds is 4. The second-order valence-electron chi connectivity index (χ2n) is 7.71. The zero-order valence-corrected chi connectivity index (χ0v) is 17.4. The van der Waals surface area contributed by atoms with Crippen LogP contribution in [-0.2, 0) is 7.05 Å². The van der Waals surface area contributed by atoms with E-state index in [0.717, 1.165) is 54.3 Å². The van der Waals surface area contributed by atoms with E-state index in [2.05, 4.69) is 39.4 Å². The number of nitrogens with one attached hydrogen (secondary N) is 1. The Labute approximate surface area is 174 Å². The van der Waals surface area contributed by atoms with Gasteiger partial charge in [0.2, 0.25) is 0 Å². The van der Waals surface area contributed by atoms with Gasteiger partial charge in [-0.05, 0) is 62.1 Å². The predicted octanol–water partition coefficient (Wildman–Crippen LogP) is 3.03. The van der Waals surface area contributed by atoms with Gasteiger partial charge in [0, 0.05) is 37.9 Å². The van der Waals surface area contributed by atoms with Crippen LogP contribution in [0.25, 0.3) is 11.4 Å². The second-order valence-corrected chi connectivity index (χ2v) is 7.71. The molecule has 0 saturated carbocycles. The largest absolute Gasteiger partial charge is 0.355 e. The van der Waals surface area contributed by atoms with Crippen molar-refractivity contribution in [2.24, 2.45) is 7.05 Å². The minimum Gasteiger partial charge on any atom is -0.355 e. The molecule has 0 radical (unpaired) electrons. The van der Waals surface area contributed by atoms with Crippen molar-refractivity contribution in [2.75, 3.05) is 18.0 Å². The summed E-state index contributed by atoms with van der Waals surface area (Å²) in [6, 6.07) is 7.75. The first kappa shape index (κ1) is 20.0. The molecule has 8 heteroatoms. The van der Waals surface area contributed by atoms with Crippen molar-refractivity contribution in [1.29, 1.82) is 0 Å². The van der Waals surface area contributed by atoms with E-state index >= 15 is 0 Å². The highest BCUT2D eigenvalue weighted by atomic mass is 19.1. The van der Waals surface area contributed by atoms with Crippen LogP contribution < -0.4 is 10.2 Å². The zero-order valence-electron chi connectivity index (χ0n) is 17.4. The standard InChI is InChI=1S/C22H25FN6O/c1-14-15(2)21(27-26-20(14)19-7-10-24-28(19)3)29-11-8-18(9-12-29)25-22(30)16-5-4-6-17(23)13-16/h4-7,10,13,18H,8-9,11-12H2,1-3H3,(H,25,30). The first-order chi connectivity index (χ1) is 14.4. The van der Waals surface area contributed by atoms with Crippen LogP contribution in [0.3, 0.4) is 0 Å². The molecule has 1 aliphatic rings. The van der Waals surface area contributed by atoms with Crippen LogP contribution in [-0.4, -0.2) is 45.0 Å². The lowest BCUT2D eigenvalue weighted by Gasteiger charge is -2.34. The molecule has 0 aliphatic carbocycles. The Bertz CT molecular complexity index is 1070. The summed E-state index contributed by atoms with van der Waals surface area (Å²) in [5.41, 5.74) is 4.32. The Morgan fingerprint density at radius 2 is 1.90 bits per heavy atom. The fraction of sp³-hybridized carbons (Fsp3) is 0.364. The lowest BCUT2D eigenvalue weighted by molar-refractivity contribution is 0.0930. The van der Waals surface area contributed by atoms with Crippen LogP contribution in [0, 0.1) is 19.7 Å². The van der Waals surface area contributed by atoms with Crippen LogP contribution in [0.2, 0.25) is 0 Å². The van der Waals surface area contributed by atoms with E-state index in [9.17, 15) is 9.18 Å². The summed E-state index contributed by atoms with van der Waals surface area (Å²) >= 11 is 0. The molecule has 1 saturated heterocycles. The maximum atomic E-state index is 13.4. The fourth-order valence-corrected chi connectivity index (χ4v) is 3.88. The third-order valence-electron chi connectivity index (χ3n) is 5.78. The number of piperidine rings is 1. The maximum Gasteiger partial charge on any atom is 0.251 e. The molecule has 2 aromatic heterocycles. The van der Waals surface area contributed by atoms with Gasteiger partial charge >= 0.3 is 0 Å². The van der Waals surface area contributed by atoms with Crippen molar-refractivity contribution in [2.45, 2.75) is 32.7 Å². The first-order valence-electron chi connectivity index (χ1n) is 10.1. The quantitative estimate of drug-likeness (QED) is 0.718. The van der Waals surface area contributed by atoms with Gasteiger partial charge in [-0.2, -0.15) is 5.10 Å². The molecular formula is C22H25FN6O. The lowest BCUT2D eigenvalue weighted by Crippen LogP contribution is -2.45. The van der Waals surface area contributed by atoms with Gasteiger partial charge in [0.1, 0.15) is 11.5 Å². The second kappa shape index (κ2) is 8.22. The molecule has 4 rings (SSSR count). The Morgan fingerprint density at radius 1 is 1.13 bits per heavy atom. The van der Waals surface area contributed by atoms with Crippen LogP contribution in [0.1, 0.15) is 34.3 Å². The average molecular weight is 408 g/mol. The molecule has 3 heterocycles. The Morgan fingerprint density at radius 3 is 2.57 bits per heavy atom. The number of aryl methyl sites for hydroxylation is 1. The summed E-state index contributed by atoms with van der Waals surface area (Å²) in [5.74, 6) is 0.241. The van der Waals surface area contributed by atoms with Crippen molar-refractivity contribution >= 4 is 11.7 Å². The van der Waals surface area contributed by atoms with E-state index in [1.807, 2.05) is 13.1 Å². The number of anilines is 1. The predicted molar refractivity (Wildman–Crippen MR) is 113 cm³/mol. The Hall–Kier alpha value is -3.29. The van der Waals surface area contributed by atoms with Crippen LogP contribution in [0.5, 0.6) is 0 Å². The first-order valence-corrected chi connectivity index (χ1v) is 10.1. The number of hydrogen-bond acceptors (Lipinski definition) is 5. The summed E-state index contributed by atoms with van der Waals surface area (Å²) in [6.07, 6.45) is 3.35. The van der Waals surface area contributed by atoms with E-state index in [1.165, 1.54) is 12.1 Å². The topological polar surface area (TPSA) is 75.9 Å². The molecule has 1 fully saturated rings. The number of amides is 1. The monoisotopic (exact) mass is 408 g/mol. The Kier molecular flexibility index (Phi) is 5.48. The molecule has 3 aromatic rings. The molecule has 7 nitrogen and oxygen atoms in total. The SMILES string of the molecule is Cc1c(-c2ccnn2C)nnc(N2CCC(NC(=O)c3cccc(F)c3)CC2)c1C. The minimum atomic E-state index is -0.406. The summed E-state index contributed by atoms with van der Waals surface area (Å²) < 4.78 is 15.1. The molecule has 0 spiro atoms. The molecule has 1 amide bonds. The van der Waals surface area contributed by atoms with Gasteiger partial charge in [-0.1, -0.05) is 6.07 Å². The lowest BCUT2D eigenvalue weighted by atomic mass is 10.0. The maximum absolute atomic E-state index is 13.4. The van der Waals surface area contributed by atoms with E-state index in [1.54, 1.807) is 23.0 Å². The third kappa shape index (κ3) is 3.90. The molecule has 0 atom stereocenters. The van der Waals surface area contributed by atoms with E-state index in [-0.39, 0.29) is 11.9 Å². The molecule has 1 N–H and O–H groups in total.